The van der Waals surface area contributed by atoms with Crippen LogP contribution in [0.2, 0.25) is 0 Å². The number of hydrogen-bond donors (Lipinski definition) is 2. The van der Waals surface area contributed by atoms with Crippen LogP contribution < -0.4 is 10.6 Å². The molecule has 0 aromatic carbocycles. The highest BCUT2D eigenvalue weighted by molar-refractivity contribution is 5.80. The molecular formula is C14H26N2O2. The monoisotopic (exact) mass is 254 g/mol. The van der Waals surface area contributed by atoms with Gasteiger partial charge in [-0.2, -0.15) is 0 Å². The molecule has 4 nitrogen and oxygen atoms in total. The molecule has 1 saturated heterocycles. The summed E-state index contributed by atoms with van der Waals surface area (Å²) < 4.78 is 5.39. The second kappa shape index (κ2) is 6.53. The van der Waals surface area contributed by atoms with Crippen LogP contribution in [0.25, 0.3) is 0 Å². The van der Waals surface area contributed by atoms with Gasteiger partial charge in [-0.05, 0) is 25.8 Å². The first-order chi connectivity index (χ1) is 8.74. The van der Waals surface area contributed by atoms with Gasteiger partial charge in [0.05, 0.1) is 19.1 Å². The highest BCUT2D eigenvalue weighted by Gasteiger charge is 2.34. The molecule has 1 aliphatic carbocycles. The molecule has 104 valence electrons. The number of amides is 1. The van der Waals surface area contributed by atoms with Crippen molar-refractivity contribution in [2.24, 2.45) is 11.8 Å². The van der Waals surface area contributed by atoms with Crippen LogP contribution in [-0.2, 0) is 9.53 Å². The summed E-state index contributed by atoms with van der Waals surface area (Å²) >= 11 is 0. The van der Waals surface area contributed by atoms with Crippen molar-refractivity contribution in [3.05, 3.63) is 0 Å². The lowest BCUT2D eigenvalue weighted by atomic mass is 9.84. The summed E-state index contributed by atoms with van der Waals surface area (Å²) in [4.78, 5) is 12.2. The Labute approximate surface area is 110 Å². The van der Waals surface area contributed by atoms with E-state index in [0.29, 0.717) is 19.3 Å². The Morgan fingerprint density at radius 1 is 1.33 bits per heavy atom. The minimum absolute atomic E-state index is 0.0167. The summed E-state index contributed by atoms with van der Waals surface area (Å²) in [6.07, 6.45) is 6.10. The van der Waals surface area contributed by atoms with Gasteiger partial charge >= 0.3 is 0 Å². The molecule has 4 atom stereocenters. The zero-order chi connectivity index (χ0) is 13.0. The average Bonchev–Trinajstić information content (AvgIpc) is 2.87. The largest absolute Gasteiger partial charge is 0.379 e. The van der Waals surface area contributed by atoms with Crippen molar-refractivity contribution in [3.63, 3.8) is 0 Å². The predicted octanol–water partition coefficient (Wildman–Crippen LogP) is 1.31. The minimum Gasteiger partial charge on any atom is -0.379 e. The van der Waals surface area contributed by atoms with E-state index < -0.39 is 0 Å². The van der Waals surface area contributed by atoms with E-state index in [0.717, 1.165) is 18.8 Å². The van der Waals surface area contributed by atoms with Crippen molar-refractivity contribution in [1.29, 1.82) is 0 Å². The Hall–Kier alpha value is -0.610. The number of likely N-dealkylation sites (N-methyl/N-ethyl adjacent to an activating group) is 1. The zero-order valence-corrected chi connectivity index (χ0v) is 11.6. The lowest BCUT2D eigenvalue weighted by molar-refractivity contribution is -0.126. The zero-order valence-electron chi connectivity index (χ0n) is 11.6. The smallest absolute Gasteiger partial charge is 0.227 e. The number of ether oxygens (including phenoxy) is 1. The van der Waals surface area contributed by atoms with Gasteiger partial charge in [0.2, 0.25) is 5.91 Å². The van der Waals surface area contributed by atoms with Crippen molar-refractivity contribution in [1.82, 2.24) is 10.6 Å². The maximum absolute atomic E-state index is 12.2. The number of rotatable bonds is 4. The normalized spacial score (nSPS) is 36.6. The first kappa shape index (κ1) is 13.8. The van der Waals surface area contributed by atoms with Gasteiger partial charge < -0.3 is 15.4 Å². The molecule has 1 heterocycles. The molecule has 2 aliphatic rings. The molecule has 4 unspecified atom stereocenters. The van der Waals surface area contributed by atoms with Crippen LogP contribution in [0.1, 0.15) is 39.0 Å². The van der Waals surface area contributed by atoms with E-state index in [1.807, 2.05) is 7.05 Å². The fourth-order valence-corrected chi connectivity index (χ4v) is 3.20. The van der Waals surface area contributed by atoms with E-state index in [4.69, 9.17) is 4.74 Å². The van der Waals surface area contributed by atoms with Crippen LogP contribution in [0.15, 0.2) is 0 Å². The third-order valence-corrected chi connectivity index (χ3v) is 4.49. The van der Waals surface area contributed by atoms with Gasteiger partial charge in [0.1, 0.15) is 0 Å². The lowest BCUT2D eigenvalue weighted by Crippen LogP contribution is -2.47. The van der Waals surface area contributed by atoms with Crippen LogP contribution in [0.3, 0.4) is 0 Å². The molecule has 0 bridgehead atoms. The molecule has 0 aromatic heterocycles. The summed E-state index contributed by atoms with van der Waals surface area (Å²) in [5, 5.41) is 6.40. The molecule has 4 heteroatoms. The van der Waals surface area contributed by atoms with Gasteiger partial charge in [-0.3, -0.25) is 4.79 Å². The van der Waals surface area contributed by atoms with E-state index in [9.17, 15) is 4.79 Å². The standard InChI is InChI=1S/C14H26N2O2/c1-3-10-5-4-6-11(7-10)16-14(17)12-8-18-9-13(12)15-2/h10-13,15H,3-9H2,1-2H3,(H,16,17). The van der Waals surface area contributed by atoms with Crippen molar-refractivity contribution in [3.8, 4) is 0 Å². The van der Waals surface area contributed by atoms with Crippen LogP contribution in [0, 0.1) is 11.8 Å². The molecule has 18 heavy (non-hydrogen) atoms. The Morgan fingerprint density at radius 2 is 2.17 bits per heavy atom. The van der Waals surface area contributed by atoms with Crippen LogP contribution >= 0.6 is 0 Å². The second-order valence-corrected chi connectivity index (χ2v) is 5.69. The summed E-state index contributed by atoms with van der Waals surface area (Å²) in [5.74, 6) is 0.953. The van der Waals surface area contributed by atoms with Crippen molar-refractivity contribution in [2.45, 2.75) is 51.1 Å². The number of hydrogen-bond acceptors (Lipinski definition) is 3. The molecule has 1 saturated carbocycles. The van der Waals surface area contributed by atoms with Gasteiger partial charge in [-0.1, -0.05) is 26.2 Å². The van der Waals surface area contributed by atoms with E-state index in [-0.39, 0.29) is 17.9 Å². The van der Waals surface area contributed by atoms with Gasteiger partial charge in [0.25, 0.3) is 0 Å². The number of carbonyl (C=O) groups is 1. The molecule has 2 fully saturated rings. The highest BCUT2D eigenvalue weighted by atomic mass is 16.5. The quantitative estimate of drug-likeness (QED) is 0.795. The third kappa shape index (κ3) is 3.23. The number of carbonyl (C=O) groups excluding carboxylic acids is 1. The molecule has 2 rings (SSSR count). The topological polar surface area (TPSA) is 50.4 Å². The van der Waals surface area contributed by atoms with Gasteiger partial charge in [-0.15, -0.1) is 0 Å². The van der Waals surface area contributed by atoms with Crippen LogP contribution in [-0.4, -0.2) is 38.3 Å². The highest BCUT2D eigenvalue weighted by Crippen LogP contribution is 2.27. The second-order valence-electron chi connectivity index (χ2n) is 5.69. The maximum Gasteiger partial charge on any atom is 0.227 e. The molecule has 1 amide bonds. The van der Waals surface area contributed by atoms with Crippen molar-refractivity contribution in [2.75, 3.05) is 20.3 Å². The molecule has 0 aromatic rings. The van der Waals surface area contributed by atoms with E-state index >= 15 is 0 Å². The lowest BCUT2D eigenvalue weighted by Gasteiger charge is -2.30. The van der Waals surface area contributed by atoms with Crippen molar-refractivity contribution >= 4 is 5.91 Å². The first-order valence-corrected chi connectivity index (χ1v) is 7.30. The van der Waals surface area contributed by atoms with Crippen LogP contribution in [0.5, 0.6) is 0 Å². The van der Waals surface area contributed by atoms with Gasteiger partial charge in [0.15, 0.2) is 0 Å². The third-order valence-electron chi connectivity index (χ3n) is 4.49. The summed E-state index contributed by atoms with van der Waals surface area (Å²) in [6, 6.07) is 0.560. The van der Waals surface area contributed by atoms with E-state index in [1.54, 1.807) is 0 Å². The molecule has 0 radical (unpaired) electrons. The Kier molecular flexibility index (Phi) is 5.01. The van der Waals surface area contributed by atoms with E-state index in [1.165, 1.54) is 19.3 Å². The predicted molar refractivity (Wildman–Crippen MR) is 71.3 cm³/mol. The minimum atomic E-state index is -0.0167. The summed E-state index contributed by atoms with van der Waals surface area (Å²) in [5.41, 5.74) is 0. The number of nitrogens with one attached hydrogen (secondary N) is 2. The molecule has 2 N–H and O–H groups in total. The van der Waals surface area contributed by atoms with E-state index in [2.05, 4.69) is 17.6 Å². The maximum atomic E-state index is 12.2. The van der Waals surface area contributed by atoms with Gasteiger partial charge in [-0.25, -0.2) is 0 Å². The van der Waals surface area contributed by atoms with Crippen molar-refractivity contribution < 1.29 is 9.53 Å². The molecular weight excluding hydrogens is 228 g/mol. The molecule has 0 spiro atoms. The Bertz CT molecular complexity index is 283. The summed E-state index contributed by atoms with van der Waals surface area (Å²) in [6.45, 7) is 3.45. The fraction of sp³-hybridized carbons (Fsp3) is 0.929. The SMILES string of the molecule is CCC1CCCC(NC(=O)C2COCC2NC)C1. The first-order valence-electron chi connectivity index (χ1n) is 7.30. The summed E-state index contributed by atoms with van der Waals surface area (Å²) in [7, 11) is 1.90. The Balaban J connectivity index is 1.83. The molecule has 1 aliphatic heterocycles. The average molecular weight is 254 g/mol. The fourth-order valence-electron chi connectivity index (χ4n) is 3.20. The Morgan fingerprint density at radius 3 is 2.89 bits per heavy atom. The van der Waals surface area contributed by atoms with Crippen LogP contribution in [0.4, 0.5) is 0 Å². The van der Waals surface area contributed by atoms with Gasteiger partial charge in [0, 0.05) is 12.1 Å².